The molecule has 342 valence electrons. The van der Waals surface area contributed by atoms with Crippen molar-refractivity contribution in [1.82, 2.24) is 33.7 Å². The number of aliphatic hydroxyl groups is 1. The molecular weight excluding hydrogens is 812 g/mol. The first-order chi connectivity index (χ1) is 29.8. The van der Waals surface area contributed by atoms with Crippen LogP contribution in [0.2, 0.25) is 0 Å². The SMILES string of the molecule is C=C1CCC(N(C=O)C=O)C(=O)N1.CC[C@H](C(C)C)N(C)c1nc(NC2CCN(SN3CCN(CC4CCN(c5cc(C)c(C)cc5F)C4)CC3)CC2)ncc1/C=C\C=O.CO. The molecule has 62 heavy (non-hydrogen) atoms. The van der Waals surface area contributed by atoms with E-state index in [0.717, 1.165) is 131 Å². The molecule has 15 nitrogen and oxygen atoms in total. The van der Waals surface area contributed by atoms with Crippen LogP contribution in [0, 0.1) is 31.5 Å². The van der Waals surface area contributed by atoms with Gasteiger partial charge in [0.05, 0.1) is 5.69 Å². The second-order valence-electron chi connectivity index (χ2n) is 16.8. The number of halogens is 1. The number of imide groups is 1. The molecule has 0 bridgehead atoms. The number of nitrogens with one attached hydrogen (secondary N) is 2. The average Bonchev–Trinajstić information content (AvgIpc) is 3.73. The van der Waals surface area contributed by atoms with Crippen LogP contribution in [0.3, 0.4) is 0 Å². The number of amides is 3. The van der Waals surface area contributed by atoms with E-state index < -0.39 is 6.04 Å². The number of hydrogen-bond acceptors (Lipinski definition) is 14. The van der Waals surface area contributed by atoms with Crippen molar-refractivity contribution < 1.29 is 28.7 Å². The minimum atomic E-state index is -0.680. The summed E-state index contributed by atoms with van der Waals surface area (Å²) in [7, 11) is 3.09. The Morgan fingerprint density at radius 1 is 1.00 bits per heavy atom. The van der Waals surface area contributed by atoms with Crippen LogP contribution in [0.4, 0.5) is 21.8 Å². The molecule has 1 aromatic heterocycles. The number of anilines is 3. The van der Waals surface area contributed by atoms with Crippen LogP contribution in [0.1, 0.15) is 76.0 Å². The van der Waals surface area contributed by atoms with E-state index in [0.29, 0.717) is 61.2 Å². The van der Waals surface area contributed by atoms with Crippen LogP contribution in [-0.4, -0.2) is 150 Å². The van der Waals surface area contributed by atoms with E-state index in [1.54, 1.807) is 12.1 Å². The van der Waals surface area contributed by atoms with Crippen molar-refractivity contribution in [2.24, 2.45) is 11.8 Å². The Balaban J connectivity index is 0.000000479. The van der Waals surface area contributed by atoms with Gasteiger partial charge in [0.2, 0.25) is 24.7 Å². The zero-order valence-electron chi connectivity index (χ0n) is 37.8. The van der Waals surface area contributed by atoms with Crippen molar-refractivity contribution in [2.75, 3.05) is 88.2 Å². The lowest BCUT2D eigenvalue weighted by Crippen LogP contribution is -2.48. The Bertz CT molecular complexity index is 1810. The highest BCUT2D eigenvalue weighted by molar-refractivity contribution is 7.94. The van der Waals surface area contributed by atoms with Gasteiger partial charge >= 0.3 is 0 Å². The Hall–Kier alpha value is -4.42. The van der Waals surface area contributed by atoms with Gasteiger partial charge in [-0.05, 0) is 99.6 Å². The van der Waals surface area contributed by atoms with Crippen LogP contribution < -0.4 is 20.4 Å². The largest absolute Gasteiger partial charge is 0.400 e. The summed E-state index contributed by atoms with van der Waals surface area (Å²) in [6.07, 6.45) is 11.9. The molecule has 0 aliphatic carbocycles. The number of benzene rings is 1. The predicted molar refractivity (Wildman–Crippen MR) is 247 cm³/mol. The molecule has 4 aliphatic heterocycles. The molecule has 4 saturated heterocycles. The summed E-state index contributed by atoms with van der Waals surface area (Å²) >= 11 is 1.91. The van der Waals surface area contributed by atoms with Crippen molar-refractivity contribution in [3.63, 3.8) is 0 Å². The van der Waals surface area contributed by atoms with E-state index in [-0.39, 0.29) is 11.7 Å². The fourth-order valence-electron chi connectivity index (χ4n) is 8.56. The number of piperazine rings is 1. The first-order valence-corrected chi connectivity index (χ1v) is 22.6. The van der Waals surface area contributed by atoms with Crippen LogP contribution in [0.15, 0.2) is 36.7 Å². The van der Waals surface area contributed by atoms with E-state index in [1.165, 1.54) is 6.08 Å². The number of allylic oxidation sites excluding steroid dienone is 2. The Kier molecular flexibility index (Phi) is 20.3. The molecule has 2 aromatic rings. The number of carbonyl (C=O) groups excluding carboxylic acids is 4. The van der Waals surface area contributed by atoms with E-state index in [1.807, 2.05) is 31.3 Å². The second kappa shape index (κ2) is 25.0. The average molecular weight is 881 g/mol. The number of hydrogen-bond donors (Lipinski definition) is 3. The maximum absolute atomic E-state index is 14.7. The molecule has 3 N–H and O–H groups in total. The van der Waals surface area contributed by atoms with E-state index in [2.05, 4.69) is 80.2 Å². The molecule has 5 heterocycles. The smallest absolute Gasteiger partial charge is 0.247 e. The molecule has 3 amide bonds. The quantitative estimate of drug-likeness (QED) is 0.119. The molecule has 4 fully saturated rings. The third kappa shape index (κ3) is 14.0. The Labute approximate surface area is 372 Å². The van der Waals surface area contributed by atoms with Gasteiger partial charge in [0.1, 0.15) is 24.0 Å². The zero-order chi connectivity index (χ0) is 45.3. The van der Waals surface area contributed by atoms with Gasteiger partial charge in [-0.1, -0.05) is 27.4 Å². The molecule has 17 heteroatoms. The summed E-state index contributed by atoms with van der Waals surface area (Å²) in [5.74, 6) is 2.14. The molecule has 0 saturated carbocycles. The van der Waals surface area contributed by atoms with Crippen LogP contribution in [0.5, 0.6) is 0 Å². The van der Waals surface area contributed by atoms with Crippen LogP contribution in [-0.2, 0) is 19.2 Å². The molecule has 3 atom stereocenters. The van der Waals surface area contributed by atoms with Gasteiger partial charge in [0.15, 0.2) is 0 Å². The minimum Gasteiger partial charge on any atom is -0.400 e. The summed E-state index contributed by atoms with van der Waals surface area (Å²) in [4.78, 5) is 60.4. The van der Waals surface area contributed by atoms with Gasteiger partial charge in [-0.3, -0.25) is 24.1 Å². The number of aldehydes is 1. The van der Waals surface area contributed by atoms with Crippen LogP contribution >= 0.6 is 12.1 Å². The van der Waals surface area contributed by atoms with E-state index in [4.69, 9.17) is 10.1 Å². The summed E-state index contributed by atoms with van der Waals surface area (Å²) in [6, 6.07) is 3.70. The van der Waals surface area contributed by atoms with Crippen molar-refractivity contribution in [3.05, 3.63) is 59.2 Å². The monoisotopic (exact) mass is 881 g/mol. The van der Waals surface area contributed by atoms with Gasteiger partial charge in [-0.25, -0.2) is 18.0 Å². The summed E-state index contributed by atoms with van der Waals surface area (Å²) < 4.78 is 19.7. The highest BCUT2D eigenvalue weighted by atomic mass is 32.2. The highest BCUT2D eigenvalue weighted by Crippen LogP contribution is 2.31. The molecule has 1 aromatic carbocycles. The topological polar surface area (TPSA) is 158 Å². The fourth-order valence-corrected chi connectivity index (χ4v) is 9.58. The van der Waals surface area contributed by atoms with Crippen molar-refractivity contribution >= 4 is 60.7 Å². The van der Waals surface area contributed by atoms with Gasteiger partial charge in [-0.2, -0.15) is 4.98 Å². The lowest BCUT2D eigenvalue weighted by Gasteiger charge is -2.39. The van der Waals surface area contributed by atoms with Crippen LogP contribution in [0.25, 0.3) is 6.08 Å². The predicted octanol–water partition coefficient (Wildman–Crippen LogP) is 4.90. The second-order valence-corrected chi connectivity index (χ2v) is 17.9. The highest BCUT2D eigenvalue weighted by Gasteiger charge is 2.31. The number of rotatable bonds is 16. The van der Waals surface area contributed by atoms with Crippen molar-refractivity contribution in [2.45, 2.75) is 91.3 Å². The lowest BCUT2D eigenvalue weighted by atomic mass is 10.00. The van der Waals surface area contributed by atoms with Crippen molar-refractivity contribution in [1.29, 1.82) is 0 Å². The van der Waals surface area contributed by atoms with Gasteiger partial charge in [0.25, 0.3) is 0 Å². The number of aromatic nitrogens is 2. The Morgan fingerprint density at radius 2 is 1.66 bits per heavy atom. The minimum absolute atomic E-state index is 0.0876. The third-order valence-corrected chi connectivity index (χ3v) is 13.3. The normalized spacial score (nSPS) is 20.8. The maximum Gasteiger partial charge on any atom is 0.247 e. The lowest BCUT2D eigenvalue weighted by molar-refractivity contribution is -0.140. The molecule has 0 radical (unpaired) electrons. The first kappa shape index (κ1) is 50.2. The Morgan fingerprint density at radius 3 is 2.27 bits per heavy atom. The van der Waals surface area contributed by atoms with Gasteiger partial charge < -0.3 is 30.4 Å². The number of nitrogens with zero attached hydrogens (tertiary/aromatic N) is 8. The zero-order valence-corrected chi connectivity index (χ0v) is 38.6. The number of aryl methyl sites for hydroxylation is 2. The summed E-state index contributed by atoms with van der Waals surface area (Å²) in [5.41, 5.74) is 4.43. The van der Waals surface area contributed by atoms with Gasteiger partial charge in [0, 0.05) is 115 Å². The molecular formula is C45H69FN10O5S. The molecule has 6 rings (SSSR count). The molecule has 4 aliphatic rings. The van der Waals surface area contributed by atoms with Gasteiger partial charge in [-0.15, -0.1) is 0 Å². The fraction of sp³-hybridized carbons (Fsp3) is 0.600. The van der Waals surface area contributed by atoms with Crippen molar-refractivity contribution in [3.8, 4) is 0 Å². The third-order valence-electron chi connectivity index (χ3n) is 12.2. The number of aliphatic hydroxyl groups excluding tert-OH is 1. The molecule has 0 spiro atoms. The first-order valence-electron chi connectivity index (χ1n) is 21.9. The maximum atomic E-state index is 14.7. The van der Waals surface area contributed by atoms with E-state index >= 15 is 0 Å². The van der Waals surface area contributed by atoms with E-state index in [9.17, 15) is 23.6 Å². The summed E-state index contributed by atoms with van der Waals surface area (Å²) in [6.45, 7) is 23.6. The summed E-state index contributed by atoms with van der Waals surface area (Å²) in [5, 5.41) is 13.1. The molecule has 2 unspecified atom stereocenters. The number of piperidine rings is 2. The standard InChI is InChI=1S/C36H55FN8OS.C8H10N2O3.CH4O/c1-7-33(26(2)3)41(6)35-30(9-8-20-46)23-38-36(40-35)39-31-11-14-44(15-12-31)47-45-18-16-42(17-19-45)24-29-10-13-43(25-29)34-22-28(5)27(4)21-32(34)37;1-6-2-3-7(8(13)9-6)10(4-11)5-12;1-2/h8-9,20-23,26,29,31,33H,7,10-19,24-25H2,1-6H3,(H,38,39,40);4-5,7H,1-3H2,(H,9,13);2H,1H3/b9-8-;;/t29?,33-;;/m1../s1. The number of carbonyl (C=O) groups is 4.